The fourth-order valence-corrected chi connectivity index (χ4v) is 3.02. The first-order valence-corrected chi connectivity index (χ1v) is 7.35. The van der Waals surface area contributed by atoms with Gasteiger partial charge in [0.05, 0.1) is 17.0 Å². The van der Waals surface area contributed by atoms with Gasteiger partial charge in [0.25, 0.3) is 5.91 Å². The van der Waals surface area contributed by atoms with Gasteiger partial charge in [0.1, 0.15) is 6.04 Å². The third kappa shape index (κ3) is 3.00. The summed E-state index contributed by atoms with van der Waals surface area (Å²) in [4.78, 5) is 26.7. The van der Waals surface area contributed by atoms with Crippen molar-refractivity contribution in [3.63, 3.8) is 0 Å². The lowest BCUT2D eigenvalue weighted by Gasteiger charge is -2.22. The van der Waals surface area contributed by atoms with Gasteiger partial charge in [0.15, 0.2) is 0 Å². The molecule has 0 spiro atoms. The summed E-state index contributed by atoms with van der Waals surface area (Å²) in [6.07, 6.45) is 1.57. The number of likely N-dealkylation sites (N-methyl/N-ethyl adjacent to an activating group) is 1. The van der Waals surface area contributed by atoms with Crippen LogP contribution in [0, 0.1) is 11.8 Å². The van der Waals surface area contributed by atoms with E-state index in [9.17, 15) is 9.59 Å². The number of hydrogen-bond donors (Lipinski definition) is 2. The molecule has 0 saturated carbocycles. The summed E-state index contributed by atoms with van der Waals surface area (Å²) in [7, 11) is 1.59. The van der Waals surface area contributed by atoms with Crippen LogP contribution in [-0.2, 0) is 4.79 Å². The van der Waals surface area contributed by atoms with Crippen LogP contribution in [0.5, 0.6) is 0 Å². The highest BCUT2D eigenvalue weighted by atomic mass is 32.1. The lowest BCUT2D eigenvalue weighted by Crippen LogP contribution is -2.44. The van der Waals surface area contributed by atoms with Crippen molar-refractivity contribution in [3.05, 3.63) is 21.9 Å². The number of nitrogens with two attached hydrogens (primary N) is 1. The molecule has 2 rings (SSSR count). The van der Waals surface area contributed by atoms with E-state index < -0.39 is 0 Å². The van der Waals surface area contributed by atoms with Gasteiger partial charge in [-0.15, -0.1) is 11.3 Å². The molecule has 1 aromatic heterocycles. The maximum atomic E-state index is 12.4. The van der Waals surface area contributed by atoms with Gasteiger partial charge >= 0.3 is 0 Å². The number of carbonyl (C=O) groups is 2. The van der Waals surface area contributed by atoms with Gasteiger partial charge in [-0.05, 0) is 18.9 Å². The summed E-state index contributed by atoms with van der Waals surface area (Å²) in [6, 6.07) is 1.40. The summed E-state index contributed by atoms with van der Waals surface area (Å²) in [5.41, 5.74) is 5.91. The molecule has 0 aliphatic carbocycles. The van der Waals surface area contributed by atoms with Crippen molar-refractivity contribution < 1.29 is 9.59 Å². The smallest absolute Gasteiger partial charge is 0.255 e. The van der Waals surface area contributed by atoms with Crippen LogP contribution in [-0.4, -0.2) is 42.9 Å². The van der Waals surface area contributed by atoms with E-state index >= 15 is 0 Å². The number of hydrogen-bond acceptors (Lipinski definition) is 4. The first-order valence-electron chi connectivity index (χ1n) is 6.47. The lowest BCUT2D eigenvalue weighted by molar-refractivity contribution is -0.124. The number of amides is 2. The van der Waals surface area contributed by atoms with Crippen LogP contribution >= 0.6 is 11.3 Å². The molecule has 1 aromatic rings. The molecule has 3 N–H and O–H groups in total. The van der Waals surface area contributed by atoms with E-state index in [1.165, 1.54) is 11.3 Å². The Balaban J connectivity index is 2.14. The fourth-order valence-electron chi connectivity index (χ4n) is 2.27. The van der Waals surface area contributed by atoms with E-state index in [1.807, 2.05) is 0 Å². The molecular weight excluding hydrogens is 274 g/mol. The Morgan fingerprint density at radius 3 is 3.10 bits per heavy atom. The van der Waals surface area contributed by atoms with E-state index in [1.54, 1.807) is 23.4 Å². The zero-order chi connectivity index (χ0) is 14.5. The molecular formula is C14H17N3O2S. The minimum absolute atomic E-state index is 0.103. The monoisotopic (exact) mass is 291 g/mol. The molecule has 1 unspecified atom stereocenters. The third-order valence-corrected chi connectivity index (χ3v) is 4.07. The second-order valence-electron chi connectivity index (χ2n) is 4.48. The summed E-state index contributed by atoms with van der Waals surface area (Å²) in [5.74, 6) is 5.46. The molecule has 5 nitrogen and oxygen atoms in total. The molecule has 1 aliphatic rings. The molecule has 1 atom stereocenters. The number of nitrogens with zero attached hydrogens (tertiary/aromatic N) is 1. The van der Waals surface area contributed by atoms with Crippen molar-refractivity contribution in [2.75, 3.05) is 20.1 Å². The van der Waals surface area contributed by atoms with Crippen molar-refractivity contribution in [3.8, 4) is 11.8 Å². The van der Waals surface area contributed by atoms with Crippen molar-refractivity contribution in [2.24, 2.45) is 5.73 Å². The first-order chi connectivity index (χ1) is 9.67. The Kier molecular flexibility index (Phi) is 4.77. The highest BCUT2D eigenvalue weighted by Gasteiger charge is 2.34. The standard InChI is InChI=1S/C14H17N3O2S/c1-16-13(18)12-5-3-7-17(12)14(19)10-8-11(20-9-10)4-2-6-15/h8-9,12H,3,5-7,15H2,1H3,(H,16,18). The number of thiophene rings is 1. The maximum absolute atomic E-state index is 12.4. The second kappa shape index (κ2) is 6.55. The van der Waals surface area contributed by atoms with E-state index in [0.717, 1.165) is 17.7 Å². The summed E-state index contributed by atoms with van der Waals surface area (Å²) >= 11 is 1.41. The molecule has 0 aromatic carbocycles. The van der Waals surface area contributed by atoms with Crippen LogP contribution in [0.15, 0.2) is 11.4 Å². The number of nitrogens with one attached hydrogen (secondary N) is 1. The zero-order valence-corrected chi connectivity index (χ0v) is 12.1. The Hall–Kier alpha value is -1.84. The quantitative estimate of drug-likeness (QED) is 0.775. The number of rotatable bonds is 2. The van der Waals surface area contributed by atoms with Gasteiger partial charge in [0, 0.05) is 19.0 Å². The van der Waals surface area contributed by atoms with E-state index in [2.05, 4.69) is 17.2 Å². The highest BCUT2D eigenvalue weighted by molar-refractivity contribution is 7.10. The maximum Gasteiger partial charge on any atom is 0.255 e. The Morgan fingerprint density at radius 2 is 2.40 bits per heavy atom. The largest absolute Gasteiger partial charge is 0.357 e. The van der Waals surface area contributed by atoms with Crippen LogP contribution in [0.2, 0.25) is 0 Å². The predicted octanol–water partition coefficient (Wildman–Crippen LogP) is 0.409. The van der Waals surface area contributed by atoms with Crippen molar-refractivity contribution >= 4 is 23.2 Å². The Bertz CT molecular complexity index is 570. The van der Waals surface area contributed by atoms with E-state index in [4.69, 9.17) is 5.73 Å². The SMILES string of the molecule is CNC(=O)C1CCCN1C(=O)c1csc(C#CCN)c1. The van der Waals surface area contributed by atoms with E-state index in [0.29, 0.717) is 18.7 Å². The molecule has 20 heavy (non-hydrogen) atoms. The first kappa shape index (κ1) is 14.6. The average molecular weight is 291 g/mol. The van der Waals surface area contributed by atoms with Crippen LogP contribution in [0.4, 0.5) is 0 Å². The molecule has 0 radical (unpaired) electrons. The Morgan fingerprint density at radius 1 is 1.60 bits per heavy atom. The molecule has 106 valence electrons. The molecule has 6 heteroatoms. The fraction of sp³-hybridized carbons (Fsp3) is 0.429. The topological polar surface area (TPSA) is 75.4 Å². The van der Waals surface area contributed by atoms with Crippen molar-refractivity contribution in [1.82, 2.24) is 10.2 Å². The number of carbonyl (C=O) groups excluding carboxylic acids is 2. The Labute approximate surface area is 122 Å². The average Bonchev–Trinajstić information content (AvgIpc) is 3.12. The predicted molar refractivity (Wildman–Crippen MR) is 78.4 cm³/mol. The molecule has 2 heterocycles. The molecule has 1 aliphatic heterocycles. The third-order valence-electron chi connectivity index (χ3n) is 3.22. The van der Waals surface area contributed by atoms with Gasteiger partial charge in [-0.2, -0.15) is 0 Å². The zero-order valence-electron chi connectivity index (χ0n) is 11.3. The highest BCUT2D eigenvalue weighted by Crippen LogP contribution is 2.22. The molecule has 0 bridgehead atoms. The van der Waals surface area contributed by atoms with Crippen LogP contribution in [0.1, 0.15) is 28.1 Å². The van der Waals surface area contributed by atoms with Crippen molar-refractivity contribution in [1.29, 1.82) is 0 Å². The normalized spacial score (nSPS) is 17.5. The van der Waals surface area contributed by atoms with E-state index in [-0.39, 0.29) is 17.9 Å². The number of likely N-dealkylation sites (tertiary alicyclic amines) is 1. The van der Waals surface area contributed by atoms with Gasteiger partial charge in [-0.25, -0.2) is 0 Å². The van der Waals surface area contributed by atoms with Gasteiger partial charge in [-0.1, -0.05) is 11.8 Å². The van der Waals surface area contributed by atoms with Gasteiger partial charge < -0.3 is 16.0 Å². The van der Waals surface area contributed by atoms with Crippen molar-refractivity contribution in [2.45, 2.75) is 18.9 Å². The molecule has 2 amide bonds. The minimum atomic E-state index is -0.356. The lowest BCUT2D eigenvalue weighted by atomic mass is 10.2. The van der Waals surface area contributed by atoms with Crippen LogP contribution in [0.25, 0.3) is 0 Å². The summed E-state index contributed by atoms with van der Waals surface area (Å²) in [5, 5.41) is 4.39. The van der Waals surface area contributed by atoms with Gasteiger partial charge in [0.2, 0.25) is 5.91 Å². The summed E-state index contributed by atoms with van der Waals surface area (Å²) in [6.45, 7) is 0.919. The van der Waals surface area contributed by atoms with Crippen LogP contribution in [0.3, 0.4) is 0 Å². The summed E-state index contributed by atoms with van der Waals surface area (Å²) < 4.78 is 0. The minimum Gasteiger partial charge on any atom is -0.357 e. The molecule has 1 fully saturated rings. The van der Waals surface area contributed by atoms with Crippen LogP contribution < -0.4 is 11.1 Å². The van der Waals surface area contributed by atoms with Gasteiger partial charge in [-0.3, -0.25) is 9.59 Å². The molecule has 1 saturated heterocycles. The second-order valence-corrected chi connectivity index (χ2v) is 5.39.